The summed E-state index contributed by atoms with van der Waals surface area (Å²) < 4.78 is 6.92. The van der Waals surface area contributed by atoms with E-state index >= 15 is 0 Å². The van der Waals surface area contributed by atoms with Crippen LogP contribution in [0.2, 0.25) is 0 Å². The van der Waals surface area contributed by atoms with Crippen molar-refractivity contribution < 1.29 is 9.84 Å². The number of aryl methyl sites for hydroxylation is 1. The molecule has 0 aromatic heterocycles. The van der Waals surface area contributed by atoms with Gasteiger partial charge in [0.15, 0.2) is 0 Å². The van der Waals surface area contributed by atoms with Gasteiger partial charge in [-0.15, -0.1) is 0 Å². The van der Waals surface area contributed by atoms with Crippen LogP contribution < -0.4 is 10.5 Å². The van der Waals surface area contributed by atoms with Crippen LogP contribution in [0, 0.1) is 6.92 Å². The first kappa shape index (κ1) is 15.0. The van der Waals surface area contributed by atoms with Crippen LogP contribution >= 0.6 is 15.9 Å². The number of halogens is 1. The molecule has 4 heteroatoms. The van der Waals surface area contributed by atoms with Gasteiger partial charge >= 0.3 is 0 Å². The maximum absolute atomic E-state index is 9.02. The van der Waals surface area contributed by atoms with Crippen LogP contribution in [0.3, 0.4) is 0 Å². The van der Waals surface area contributed by atoms with Crippen molar-refractivity contribution in [3.63, 3.8) is 0 Å². The van der Waals surface area contributed by atoms with Crippen molar-refractivity contribution in [2.75, 3.05) is 0 Å². The lowest BCUT2D eigenvalue weighted by Crippen LogP contribution is -2.04. The van der Waals surface area contributed by atoms with Crippen molar-refractivity contribution in [3.05, 3.63) is 63.1 Å². The topological polar surface area (TPSA) is 55.5 Å². The molecule has 2 rings (SSSR count). The molecule has 0 fully saturated rings. The minimum Gasteiger partial charge on any atom is -0.488 e. The quantitative estimate of drug-likeness (QED) is 0.881. The van der Waals surface area contributed by atoms with Gasteiger partial charge in [-0.05, 0) is 35.7 Å². The van der Waals surface area contributed by atoms with E-state index in [1.165, 1.54) is 0 Å². The summed E-state index contributed by atoms with van der Waals surface area (Å²) in [6.07, 6.45) is 0. The third kappa shape index (κ3) is 3.60. The highest BCUT2D eigenvalue weighted by atomic mass is 79.9. The SMILES string of the molecule is Cc1cc(Br)cc(CN)c1OCc1ccc(CO)cc1. The summed E-state index contributed by atoms with van der Waals surface area (Å²) >= 11 is 3.47. The van der Waals surface area contributed by atoms with Gasteiger partial charge in [0, 0.05) is 16.6 Å². The first-order chi connectivity index (χ1) is 9.63. The minimum atomic E-state index is 0.0598. The Morgan fingerprint density at radius 1 is 1.15 bits per heavy atom. The average molecular weight is 336 g/mol. The van der Waals surface area contributed by atoms with Gasteiger partial charge in [0.05, 0.1) is 6.61 Å². The highest BCUT2D eigenvalue weighted by Gasteiger charge is 2.08. The Balaban J connectivity index is 2.13. The Morgan fingerprint density at radius 3 is 2.40 bits per heavy atom. The zero-order valence-electron chi connectivity index (χ0n) is 11.4. The number of benzene rings is 2. The van der Waals surface area contributed by atoms with E-state index in [2.05, 4.69) is 15.9 Å². The molecule has 0 aliphatic heterocycles. The molecule has 0 saturated heterocycles. The molecule has 0 spiro atoms. The van der Waals surface area contributed by atoms with Crippen LogP contribution in [-0.2, 0) is 19.8 Å². The van der Waals surface area contributed by atoms with Crippen molar-refractivity contribution >= 4 is 15.9 Å². The minimum absolute atomic E-state index is 0.0598. The number of rotatable bonds is 5. The monoisotopic (exact) mass is 335 g/mol. The Hall–Kier alpha value is -1.36. The molecular weight excluding hydrogens is 318 g/mol. The van der Waals surface area contributed by atoms with Crippen molar-refractivity contribution in [1.29, 1.82) is 0 Å². The van der Waals surface area contributed by atoms with Gasteiger partial charge in [-0.25, -0.2) is 0 Å². The van der Waals surface area contributed by atoms with Gasteiger partial charge in [0.1, 0.15) is 12.4 Å². The summed E-state index contributed by atoms with van der Waals surface area (Å²) in [5, 5.41) is 9.02. The second kappa shape index (κ2) is 6.88. The van der Waals surface area contributed by atoms with E-state index in [1.54, 1.807) is 0 Å². The number of hydrogen-bond acceptors (Lipinski definition) is 3. The summed E-state index contributed by atoms with van der Waals surface area (Å²) in [7, 11) is 0. The van der Waals surface area contributed by atoms with Crippen LogP contribution in [0.5, 0.6) is 5.75 Å². The van der Waals surface area contributed by atoms with E-state index in [1.807, 2.05) is 43.3 Å². The van der Waals surface area contributed by atoms with Gasteiger partial charge < -0.3 is 15.6 Å². The fourth-order valence-corrected chi connectivity index (χ4v) is 2.67. The molecule has 0 bridgehead atoms. The first-order valence-corrected chi connectivity index (χ1v) is 7.24. The Labute approximate surface area is 127 Å². The fourth-order valence-electron chi connectivity index (χ4n) is 2.05. The third-order valence-corrected chi connectivity index (χ3v) is 3.58. The maximum atomic E-state index is 9.02. The molecule has 0 aliphatic rings. The number of nitrogens with two attached hydrogens (primary N) is 1. The summed E-state index contributed by atoms with van der Waals surface area (Å²) in [6, 6.07) is 11.7. The van der Waals surface area contributed by atoms with Crippen LogP contribution in [-0.4, -0.2) is 5.11 Å². The molecule has 3 N–H and O–H groups in total. The van der Waals surface area contributed by atoms with Crippen molar-refractivity contribution in [3.8, 4) is 5.75 Å². The predicted molar refractivity (Wildman–Crippen MR) is 83.5 cm³/mol. The second-order valence-electron chi connectivity index (χ2n) is 4.68. The fraction of sp³-hybridized carbons (Fsp3) is 0.250. The largest absolute Gasteiger partial charge is 0.488 e. The van der Waals surface area contributed by atoms with E-state index in [9.17, 15) is 0 Å². The molecule has 0 saturated carbocycles. The molecular formula is C16H18BrNO2. The Bertz CT molecular complexity index is 582. The van der Waals surface area contributed by atoms with Crippen molar-refractivity contribution in [1.82, 2.24) is 0 Å². The van der Waals surface area contributed by atoms with Crippen LogP contribution in [0.1, 0.15) is 22.3 Å². The molecule has 0 heterocycles. The maximum Gasteiger partial charge on any atom is 0.127 e. The number of aliphatic hydroxyl groups is 1. The van der Waals surface area contributed by atoms with E-state index in [0.717, 1.165) is 32.5 Å². The second-order valence-corrected chi connectivity index (χ2v) is 5.59. The number of ether oxygens (including phenoxy) is 1. The van der Waals surface area contributed by atoms with Gasteiger partial charge in [0.25, 0.3) is 0 Å². The van der Waals surface area contributed by atoms with Gasteiger partial charge in [0.2, 0.25) is 0 Å². The van der Waals surface area contributed by atoms with Crippen molar-refractivity contribution in [2.45, 2.75) is 26.7 Å². The molecule has 0 atom stereocenters. The van der Waals surface area contributed by atoms with E-state index in [-0.39, 0.29) is 6.61 Å². The Morgan fingerprint density at radius 2 is 1.80 bits per heavy atom. The van der Waals surface area contributed by atoms with Gasteiger partial charge in [-0.1, -0.05) is 40.2 Å². The lowest BCUT2D eigenvalue weighted by Gasteiger charge is -2.14. The molecule has 2 aromatic rings. The Kier molecular flexibility index (Phi) is 5.17. The average Bonchev–Trinajstić information content (AvgIpc) is 2.46. The van der Waals surface area contributed by atoms with Crippen LogP contribution in [0.15, 0.2) is 40.9 Å². The summed E-state index contributed by atoms with van der Waals surface area (Å²) in [6.45, 7) is 3.00. The summed E-state index contributed by atoms with van der Waals surface area (Å²) in [4.78, 5) is 0. The van der Waals surface area contributed by atoms with Crippen LogP contribution in [0.4, 0.5) is 0 Å². The van der Waals surface area contributed by atoms with Crippen molar-refractivity contribution in [2.24, 2.45) is 5.73 Å². The molecule has 0 amide bonds. The van der Waals surface area contributed by atoms with E-state index < -0.39 is 0 Å². The smallest absolute Gasteiger partial charge is 0.127 e. The predicted octanol–water partition coefficient (Wildman–Crippen LogP) is 3.29. The highest BCUT2D eigenvalue weighted by Crippen LogP contribution is 2.28. The number of aliphatic hydroxyl groups excluding tert-OH is 1. The third-order valence-electron chi connectivity index (χ3n) is 3.12. The number of hydrogen-bond donors (Lipinski definition) is 2. The highest BCUT2D eigenvalue weighted by molar-refractivity contribution is 9.10. The zero-order chi connectivity index (χ0) is 14.5. The molecule has 2 aromatic carbocycles. The van der Waals surface area contributed by atoms with E-state index in [4.69, 9.17) is 15.6 Å². The van der Waals surface area contributed by atoms with E-state index in [0.29, 0.717) is 13.2 Å². The normalized spacial score (nSPS) is 10.6. The molecule has 0 radical (unpaired) electrons. The molecule has 0 aliphatic carbocycles. The standard InChI is InChI=1S/C16H18BrNO2/c1-11-6-15(17)7-14(8-18)16(11)20-10-13-4-2-12(9-19)3-5-13/h2-7,19H,8-10,18H2,1H3. The molecule has 20 heavy (non-hydrogen) atoms. The van der Waals surface area contributed by atoms with Gasteiger partial charge in [-0.2, -0.15) is 0 Å². The van der Waals surface area contributed by atoms with Gasteiger partial charge in [-0.3, -0.25) is 0 Å². The lowest BCUT2D eigenvalue weighted by atomic mass is 10.1. The molecule has 106 valence electrons. The zero-order valence-corrected chi connectivity index (χ0v) is 13.0. The molecule has 0 unspecified atom stereocenters. The first-order valence-electron chi connectivity index (χ1n) is 6.44. The van der Waals surface area contributed by atoms with Crippen LogP contribution in [0.25, 0.3) is 0 Å². The summed E-state index contributed by atoms with van der Waals surface area (Å²) in [5.74, 6) is 0.849. The summed E-state index contributed by atoms with van der Waals surface area (Å²) in [5.41, 5.74) is 9.78. The lowest BCUT2D eigenvalue weighted by molar-refractivity contribution is 0.281. The molecule has 3 nitrogen and oxygen atoms in total.